The molecule has 1 aliphatic carbocycles. The summed E-state index contributed by atoms with van der Waals surface area (Å²) in [6.07, 6.45) is 9.31. The molecule has 0 saturated heterocycles. The average molecular weight is 259 g/mol. The zero-order chi connectivity index (χ0) is 13.8. The minimum atomic E-state index is 0.346. The Morgan fingerprint density at radius 2 is 1.53 bits per heavy atom. The van der Waals surface area contributed by atoms with Crippen molar-refractivity contribution in [1.29, 1.82) is 0 Å². The van der Waals surface area contributed by atoms with Crippen LogP contribution in [-0.2, 0) is 6.42 Å². The van der Waals surface area contributed by atoms with Gasteiger partial charge in [-0.2, -0.15) is 0 Å². The second kappa shape index (κ2) is 6.56. The highest BCUT2D eigenvalue weighted by molar-refractivity contribution is 5.38. The summed E-state index contributed by atoms with van der Waals surface area (Å²) in [5.41, 5.74) is 12.2. The molecule has 0 spiro atoms. The van der Waals surface area contributed by atoms with Crippen molar-refractivity contribution in [2.24, 2.45) is 11.7 Å². The van der Waals surface area contributed by atoms with Gasteiger partial charge in [0.15, 0.2) is 0 Å². The standard InChI is InChI=1S/C18H29N/c1-13-10-14(2)17(15(3)11-13)12-18(19)16-8-6-4-5-7-9-16/h10-11,16,18H,4-9,12,19H2,1-3H3. The van der Waals surface area contributed by atoms with Crippen LogP contribution in [0.4, 0.5) is 0 Å². The summed E-state index contributed by atoms with van der Waals surface area (Å²) in [5.74, 6) is 0.739. The lowest BCUT2D eigenvalue weighted by Gasteiger charge is -2.24. The third kappa shape index (κ3) is 3.82. The van der Waals surface area contributed by atoms with E-state index in [4.69, 9.17) is 5.73 Å². The first kappa shape index (κ1) is 14.6. The largest absolute Gasteiger partial charge is 0.327 e. The molecule has 1 fully saturated rings. The van der Waals surface area contributed by atoms with Gasteiger partial charge >= 0.3 is 0 Å². The maximum Gasteiger partial charge on any atom is 0.0108 e. The minimum absolute atomic E-state index is 0.346. The molecule has 0 aliphatic heterocycles. The third-order valence-electron chi connectivity index (χ3n) is 4.79. The second-order valence-corrected chi connectivity index (χ2v) is 6.50. The molecule has 19 heavy (non-hydrogen) atoms. The van der Waals surface area contributed by atoms with Gasteiger partial charge in [0.05, 0.1) is 0 Å². The normalized spacial score (nSPS) is 19.2. The van der Waals surface area contributed by atoms with Crippen LogP contribution < -0.4 is 5.73 Å². The Balaban J connectivity index is 2.07. The molecule has 1 unspecified atom stereocenters. The number of hydrogen-bond acceptors (Lipinski definition) is 1. The van der Waals surface area contributed by atoms with Crippen LogP contribution in [0.15, 0.2) is 12.1 Å². The minimum Gasteiger partial charge on any atom is -0.327 e. The van der Waals surface area contributed by atoms with Crippen LogP contribution in [0.1, 0.15) is 60.8 Å². The van der Waals surface area contributed by atoms with Crippen LogP contribution in [0.2, 0.25) is 0 Å². The highest BCUT2D eigenvalue weighted by Crippen LogP contribution is 2.27. The average Bonchev–Trinajstić information content (AvgIpc) is 2.62. The van der Waals surface area contributed by atoms with Gasteiger partial charge in [0.2, 0.25) is 0 Å². The molecule has 0 bridgehead atoms. The van der Waals surface area contributed by atoms with E-state index in [0.29, 0.717) is 6.04 Å². The Kier molecular flexibility index (Phi) is 5.04. The van der Waals surface area contributed by atoms with E-state index in [1.165, 1.54) is 60.8 Å². The van der Waals surface area contributed by atoms with Crippen molar-refractivity contribution in [2.45, 2.75) is 71.8 Å². The molecule has 2 rings (SSSR count). The number of nitrogens with two attached hydrogens (primary N) is 1. The van der Waals surface area contributed by atoms with Crippen LogP contribution in [0.3, 0.4) is 0 Å². The molecule has 1 aromatic carbocycles. The molecule has 0 amide bonds. The van der Waals surface area contributed by atoms with Crippen LogP contribution in [0.5, 0.6) is 0 Å². The Morgan fingerprint density at radius 3 is 2.05 bits per heavy atom. The molecule has 1 nitrogen and oxygen atoms in total. The molecule has 1 atom stereocenters. The fourth-order valence-electron chi connectivity index (χ4n) is 3.67. The van der Waals surface area contributed by atoms with E-state index in [2.05, 4.69) is 32.9 Å². The zero-order valence-corrected chi connectivity index (χ0v) is 12.8. The summed E-state index contributed by atoms with van der Waals surface area (Å²) in [4.78, 5) is 0. The van der Waals surface area contributed by atoms with Crippen LogP contribution in [-0.4, -0.2) is 6.04 Å². The van der Waals surface area contributed by atoms with Crippen molar-refractivity contribution >= 4 is 0 Å². The quantitative estimate of drug-likeness (QED) is 0.797. The maximum atomic E-state index is 6.53. The monoisotopic (exact) mass is 259 g/mol. The highest BCUT2D eigenvalue weighted by Gasteiger charge is 2.20. The van der Waals surface area contributed by atoms with E-state index in [-0.39, 0.29) is 0 Å². The Morgan fingerprint density at radius 1 is 1.00 bits per heavy atom. The molecule has 0 radical (unpaired) electrons. The van der Waals surface area contributed by atoms with Crippen LogP contribution in [0.25, 0.3) is 0 Å². The van der Waals surface area contributed by atoms with Gasteiger partial charge in [-0.1, -0.05) is 43.4 Å². The van der Waals surface area contributed by atoms with Crippen molar-refractivity contribution < 1.29 is 0 Å². The van der Waals surface area contributed by atoms with Crippen molar-refractivity contribution in [3.8, 4) is 0 Å². The molecule has 1 heteroatoms. The van der Waals surface area contributed by atoms with Crippen molar-refractivity contribution in [3.63, 3.8) is 0 Å². The van der Waals surface area contributed by atoms with E-state index in [1.54, 1.807) is 0 Å². The zero-order valence-electron chi connectivity index (χ0n) is 12.8. The predicted octanol–water partition coefficient (Wildman–Crippen LogP) is 4.45. The Hall–Kier alpha value is -0.820. The first-order chi connectivity index (χ1) is 9.08. The fraction of sp³-hybridized carbons (Fsp3) is 0.667. The van der Waals surface area contributed by atoms with Gasteiger partial charge in [0.1, 0.15) is 0 Å². The van der Waals surface area contributed by atoms with Crippen LogP contribution in [0, 0.1) is 26.7 Å². The van der Waals surface area contributed by atoms with E-state index in [9.17, 15) is 0 Å². The molecule has 0 heterocycles. The van der Waals surface area contributed by atoms with Crippen LogP contribution >= 0.6 is 0 Å². The second-order valence-electron chi connectivity index (χ2n) is 6.50. The molecule has 2 N–H and O–H groups in total. The molecular weight excluding hydrogens is 230 g/mol. The summed E-state index contributed by atoms with van der Waals surface area (Å²) in [7, 11) is 0. The number of aryl methyl sites for hydroxylation is 3. The molecule has 106 valence electrons. The lowest BCUT2D eigenvalue weighted by atomic mass is 9.85. The van der Waals surface area contributed by atoms with Gasteiger partial charge in [-0.15, -0.1) is 0 Å². The molecule has 1 aromatic rings. The first-order valence-corrected chi connectivity index (χ1v) is 7.90. The smallest absolute Gasteiger partial charge is 0.0108 e. The highest BCUT2D eigenvalue weighted by atomic mass is 14.6. The number of rotatable bonds is 3. The van der Waals surface area contributed by atoms with Gasteiger partial charge in [-0.05, 0) is 62.6 Å². The summed E-state index contributed by atoms with van der Waals surface area (Å²) in [6, 6.07) is 4.93. The topological polar surface area (TPSA) is 26.0 Å². The summed E-state index contributed by atoms with van der Waals surface area (Å²) in [5, 5.41) is 0. The lowest BCUT2D eigenvalue weighted by molar-refractivity contribution is 0.372. The maximum absolute atomic E-state index is 6.53. The lowest BCUT2D eigenvalue weighted by Crippen LogP contribution is -2.32. The van der Waals surface area contributed by atoms with E-state index >= 15 is 0 Å². The van der Waals surface area contributed by atoms with Gasteiger partial charge in [-0.25, -0.2) is 0 Å². The van der Waals surface area contributed by atoms with E-state index in [0.717, 1.165) is 12.3 Å². The Labute approximate surface area is 118 Å². The third-order valence-corrected chi connectivity index (χ3v) is 4.79. The van der Waals surface area contributed by atoms with Gasteiger partial charge < -0.3 is 5.73 Å². The summed E-state index contributed by atoms with van der Waals surface area (Å²) >= 11 is 0. The first-order valence-electron chi connectivity index (χ1n) is 7.90. The number of benzene rings is 1. The van der Waals surface area contributed by atoms with Crippen molar-refractivity contribution in [2.75, 3.05) is 0 Å². The van der Waals surface area contributed by atoms with E-state index in [1.807, 2.05) is 0 Å². The summed E-state index contributed by atoms with van der Waals surface area (Å²) < 4.78 is 0. The Bertz CT molecular complexity index is 391. The molecule has 1 aliphatic rings. The SMILES string of the molecule is Cc1cc(C)c(CC(N)C2CCCCCC2)c(C)c1. The van der Waals surface area contributed by atoms with Crippen molar-refractivity contribution in [3.05, 3.63) is 34.4 Å². The fourth-order valence-corrected chi connectivity index (χ4v) is 3.67. The summed E-state index contributed by atoms with van der Waals surface area (Å²) in [6.45, 7) is 6.64. The van der Waals surface area contributed by atoms with E-state index < -0.39 is 0 Å². The van der Waals surface area contributed by atoms with Gasteiger partial charge in [-0.3, -0.25) is 0 Å². The molecular formula is C18H29N. The van der Waals surface area contributed by atoms with Gasteiger partial charge in [0.25, 0.3) is 0 Å². The van der Waals surface area contributed by atoms with Gasteiger partial charge in [0, 0.05) is 6.04 Å². The molecule has 0 aromatic heterocycles. The predicted molar refractivity (Wildman–Crippen MR) is 83.5 cm³/mol. The number of hydrogen-bond donors (Lipinski definition) is 1. The molecule has 1 saturated carbocycles. The van der Waals surface area contributed by atoms with Crippen molar-refractivity contribution in [1.82, 2.24) is 0 Å².